The van der Waals surface area contributed by atoms with Crippen molar-refractivity contribution >= 4 is 12.0 Å². The predicted molar refractivity (Wildman–Crippen MR) is 67.0 cm³/mol. The van der Waals surface area contributed by atoms with Gasteiger partial charge >= 0.3 is 12.0 Å². The smallest absolute Gasteiger partial charge is 0.326 e. The Morgan fingerprint density at radius 2 is 1.82 bits per heavy atom. The lowest BCUT2D eigenvalue weighted by molar-refractivity contribution is -0.139. The summed E-state index contributed by atoms with van der Waals surface area (Å²) in [7, 11) is 0. The van der Waals surface area contributed by atoms with E-state index in [-0.39, 0.29) is 6.04 Å². The molecule has 0 aromatic heterocycles. The van der Waals surface area contributed by atoms with Crippen molar-refractivity contribution in [2.45, 2.75) is 65.0 Å². The van der Waals surface area contributed by atoms with Crippen molar-refractivity contribution in [2.75, 3.05) is 0 Å². The Kier molecular flexibility index (Phi) is 8.19. The third-order valence-corrected chi connectivity index (χ3v) is 2.63. The van der Waals surface area contributed by atoms with Crippen LogP contribution in [-0.2, 0) is 4.79 Å². The first-order chi connectivity index (χ1) is 8.01. The van der Waals surface area contributed by atoms with E-state index in [1.54, 1.807) is 6.92 Å². The Morgan fingerprint density at radius 1 is 1.18 bits per heavy atom. The lowest BCUT2D eigenvalue weighted by atomic mass is 10.1. The zero-order valence-electron chi connectivity index (χ0n) is 11.0. The van der Waals surface area contributed by atoms with Gasteiger partial charge in [-0.05, 0) is 19.8 Å². The number of carboxylic acids is 1. The van der Waals surface area contributed by atoms with Crippen LogP contribution < -0.4 is 10.6 Å². The minimum absolute atomic E-state index is 0.0767. The number of aliphatic carboxylic acids is 1. The molecule has 0 bridgehead atoms. The first kappa shape index (κ1) is 15.7. The number of rotatable bonds is 8. The number of amides is 2. The molecule has 0 aliphatic rings. The average Bonchev–Trinajstić information content (AvgIpc) is 2.25. The van der Waals surface area contributed by atoms with E-state index in [2.05, 4.69) is 17.6 Å². The highest BCUT2D eigenvalue weighted by molar-refractivity contribution is 5.82. The summed E-state index contributed by atoms with van der Waals surface area (Å²) in [6.45, 7) is 5.78. The molecule has 17 heavy (non-hydrogen) atoms. The van der Waals surface area contributed by atoms with Gasteiger partial charge in [-0.1, -0.05) is 33.1 Å². The Bertz CT molecular complexity index is 244. The fourth-order valence-electron chi connectivity index (χ4n) is 1.53. The molecule has 0 aliphatic carbocycles. The number of carbonyl (C=O) groups excluding carboxylic acids is 1. The second-order valence-electron chi connectivity index (χ2n) is 4.31. The Morgan fingerprint density at radius 3 is 2.29 bits per heavy atom. The third kappa shape index (κ3) is 7.60. The van der Waals surface area contributed by atoms with E-state index in [1.807, 2.05) is 6.92 Å². The highest BCUT2D eigenvalue weighted by Crippen LogP contribution is 2.02. The Labute approximate surface area is 103 Å². The SMILES string of the molecule is CCCCCC(C)NC(=O)N[C@H](CC)C(=O)O. The summed E-state index contributed by atoms with van der Waals surface area (Å²) >= 11 is 0. The minimum Gasteiger partial charge on any atom is -0.480 e. The third-order valence-electron chi connectivity index (χ3n) is 2.63. The quantitative estimate of drug-likeness (QED) is 0.572. The molecule has 5 heteroatoms. The lowest BCUT2D eigenvalue weighted by Gasteiger charge is -2.17. The highest BCUT2D eigenvalue weighted by atomic mass is 16.4. The molecule has 3 N–H and O–H groups in total. The maximum absolute atomic E-state index is 11.5. The molecule has 0 heterocycles. The molecule has 0 aliphatic heterocycles. The predicted octanol–water partition coefficient (Wildman–Crippen LogP) is 2.12. The second-order valence-corrected chi connectivity index (χ2v) is 4.31. The Hall–Kier alpha value is -1.26. The minimum atomic E-state index is -0.999. The van der Waals surface area contributed by atoms with Crippen LogP contribution in [0.2, 0.25) is 0 Å². The number of hydrogen-bond donors (Lipinski definition) is 3. The van der Waals surface area contributed by atoms with Crippen LogP contribution in [0.4, 0.5) is 4.79 Å². The van der Waals surface area contributed by atoms with Gasteiger partial charge in [0.2, 0.25) is 0 Å². The topological polar surface area (TPSA) is 78.4 Å². The summed E-state index contributed by atoms with van der Waals surface area (Å²) in [5.74, 6) is -0.999. The second kappa shape index (κ2) is 8.84. The van der Waals surface area contributed by atoms with Crippen molar-refractivity contribution in [2.24, 2.45) is 0 Å². The molecule has 0 spiro atoms. The molecule has 2 amide bonds. The van der Waals surface area contributed by atoms with E-state index in [0.29, 0.717) is 6.42 Å². The molecule has 0 aromatic carbocycles. The van der Waals surface area contributed by atoms with Crippen molar-refractivity contribution in [3.8, 4) is 0 Å². The van der Waals surface area contributed by atoms with Gasteiger partial charge in [0.05, 0.1) is 0 Å². The van der Waals surface area contributed by atoms with Crippen molar-refractivity contribution < 1.29 is 14.7 Å². The number of hydrogen-bond acceptors (Lipinski definition) is 2. The molecular formula is C12H24N2O3. The fraction of sp³-hybridized carbons (Fsp3) is 0.833. The van der Waals surface area contributed by atoms with Crippen molar-refractivity contribution in [1.29, 1.82) is 0 Å². The molecule has 100 valence electrons. The normalized spacial score (nSPS) is 13.8. The van der Waals surface area contributed by atoms with Crippen LogP contribution in [0.5, 0.6) is 0 Å². The van der Waals surface area contributed by atoms with Gasteiger partial charge in [-0.3, -0.25) is 0 Å². The van der Waals surface area contributed by atoms with Gasteiger partial charge < -0.3 is 15.7 Å². The van der Waals surface area contributed by atoms with Crippen LogP contribution in [0.3, 0.4) is 0 Å². The molecule has 0 aromatic rings. The molecule has 2 atom stereocenters. The van der Waals surface area contributed by atoms with Crippen molar-refractivity contribution in [1.82, 2.24) is 10.6 Å². The van der Waals surface area contributed by atoms with Gasteiger partial charge in [0.1, 0.15) is 6.04 Å². The maximum atomic E-state index is 11.5. The van der Waals surface area contributed by atoms with Gasteiger partial charge in [-0.25, -0.2) is 9.59 Å². The van der Waals surface area contributed by atoms with E-state index >= 15 is 0 Å². The first-order valence-corrected chi connectivity index (χ1v) is 6.31. The molecule has 0 radical (unpaired) electrons. The van der Waals surface area contributed by atoms with Gasteiger partial charge in [-0.2, -0.15) is 0 Å². The number of carbonyl (C=O) groups is 2. The molecule has 0 fully saturated rings. The first-order valence-electron chi connectivity index (χ1n) is 6.31. The molecule has 0 saturated heterocycles. The lowest BCUT2D eigenvalue weighted by Crippen LogP contribution is -2.48. The zero-order valence-corrected chi connectivity index (χ0v) is 11.0. The van der Waals surface area contributed by atoms with E-state index < -0.39 is 18.0 Å². The standard InChI is InChI=1S/C12H24N2O3/c1-4-6-7-8-9(3)13-12(17)14-10(5-2)11(15)16/h9-10H,4-8H2,1-3H3,(H,15,16)(H2,13,14,17)/t9?,10-/m1/s1. The molecule has 0 saturated carbocycles. The van der Waals surface area contributed by atoms with Crippen LogP contribution in [0.1, 0.15) is 52.9 Å². The van der Waals surface area contributed by atoms with E-state index in [1.165, 1.54) is 0 Å². The van der Waals surface area contributed by atoms with Gasteiger partial charge in [0.15, 0.2) is 0 Å². The van der Waals surface area contributed by atoms with Gasteiger partial charge in [0.25, 0.3) is 0 Å². The van der Waals surface area contributed by atoms with E-state index in [9.17, 15) is 9.59 Å². The summed E-state index contributed by atoms with van der Waals surface area (Å²) in [6, 6.07) is -1.13. The van der Waals surface area contributed by atoms with Crippen LogP contribution >= 0.6 is 0 Å². The Balaban J connectivity index is 3.87. The molecule has 5 nitrogen and oxygen atoms in total. The van der Waals surface area contributed by atoms with Crippen molar-refractivity contribution in [3.05, 3.63) is 0 Å². The molecule has 0 rings (SSSR count). The number of carboxylic acid groups (broad SMARTS) is 1. The largest absolute Gasteiger partial charge is 0.480 e. The molecular weight excluding hydrogens is 220 g/mol. The van der Waals surface area contributed by atoms with Crippen LogP contribution in [-0.4, -0.2) is 29.2 Å². The van der Waals surface area contributed by atoms with Gasteiger partial charge in [0, 0.05) is 6.04 Å². The van der Waals surface area contributed by atoms with Gasteiger partial charge in [-0.15, -0.1) is 0 Å². The fourth-order valence-corrected chi connectivity index (χ4v) is 1.53. The van der Waals surface area contributed by atoms with E-state index in [0.717, 1.165) is 25.7 Å². The summed E-state index contributed by atoms with van der Waals surface area (Å²) in [5.41, 5.74) is 0. The molecule has 1 unspecified atom stereocenters. The number of nitrogens with one attached hydrogen (secondary N) is 2. The summed E-state index contributed by atoms with van der Waals surface area (Å²) in [4.78, 5) is 22.2. The highest BCUT2D eigenvalue weighted by Gasteiger charge is 2.18. The zero-order chi connectivity index (χ0) is 13.3. The van der Waals surface area contributed by atoms with E-state index in [4.69, 9.17) is 5.11 Å². The summed E-state index contributed by atoms with van der Waals surface area (Å²) in [5, 5.41) is 14.0. The monoisotopic (exact) mass is 244 g/mol. The van der Waals surface area contributed by atoms with Crippen molar-refractivity contribution in [3.63, 3.8) is 0 Å². The summed E-state index contributed by atoms with van der Waals surface area (Å²) < 4.78 is 0. The maximum Gasteiger partial charge on any atom is 0.326 e. The number of unbranched alkanes of at least 4 members (excludes halogenated alkanes) is 2. The average molecular weight is 244 g/mol. The van der Waals surface area contributed by atoms with Crippen LogP contribution in [0.15, 0.2) is 0 Å². The number of urea groups is 1. The van der Waals surface area contributed by atoms with Crippen LogP contribution in [0.25, 0.3) is 0 Å². The van der Waals surface area contributed by atoms with Crippen LogP contribution in [0, 0.1) is 0 Å². The summed E-state index contributed by atoms with van der Waals surface area (Å²) in [6.07, 6.45) is 4.68.